The molecule has 0 amide bonds. The van der Waals surface area contributed by atoms with E-state index in [1.807, 2.05) is 19.2 Å². The molecule has 6 nitrogen and oxygen atoms in total. The molecule has 0 radical (unpaired) electrons. The lowest BCUT2D eigenvalue weighted by Gasteiger charge is -2.63. The van der Waals surface area contributed by atoms with E-state index in [1.165, 1.54) is 25.7 Å². The summed E-state index contributed by atoms with van der Waals surface area (Å²) >= 11 is 0. The summed E-state index contributed by atoms with van der Waals surface area (Å²) in [5.41, 5.74) is 0.380. The Hall–Kier alpha value is -0.800. The van der Waals surface area contributed by atoms with Crippen LogP contribution in [0.15, 0.2) is 27.8 Å². The first kappa shape index (κ1) is 19.9. The molecule has 3 aliphatic rings. The molecule has 7 heteroatoms. The van der Waals surface area contributed by atoms with Crippen LogP contribution >= 0.6 is 24.0 Å². The van der Waals surface area contributed by atoms with Crippen LogP contribution < -0.4 is 10.6 Å². The molecule has 146 valence electrons. The zero-order valence-corrected chi connectivity index (χ0v) is 17.7. The topological polar surface area (TPSA) is 68.0 Å². The molecule has 1 spiro atoms. The van der Waals surface area contributed by atoms with E-state index in [4.69, 9.17) is 13.9 Å². The van der Waals surface area contributed by atoms with Gasteiger partial charge in [-0.05, 0) is 37.8 Å². The standard InChI is InChI=1S/C19H29N3O3.HI/c1-20-18(21-9-4-10-23-13-14-5-2-11-24-14)22-16-15-6-12-25-17(15)19(16)7-3-8-19;/h2,5,11,15-17H,3-4,6-10,12-13H2,1H3,(H2,20,21,22);1H. The van der Waals surface area contributed by atoms with Crippen LogP contribution in [0.1, 0.15) is 37.9 Å². The third-order valence-electron chi connectivity index (χ3n) is 6.13. The minimum absolute atomic E-state index is 0. The summed E-state index contributed by atoms with van der Waals surface area (Å²) in [6, 6.07) is 4.33. The Morgan fingerprint density at radius 2 is 2.31 bits per heavy atom. The van der Waals surface area contributed by atoms with Gasteiger partial charge in [0.05, 0.1) is 12.4 Å². The maximum atomic E-state index is 5.99. The van der Waals surface area contributed by atoms with Crippen molar-refractivity contribution >= 4 is 29.9 Å². The van der Waals surface area contributed by atoms with Crippen LogP contribution in [0.5, 0.6) is 0 Å². The molecule has 1 saturated heterocycles. The molecule has 26 heavy (non-hydrogen) atoms. The van der Waals surface area contributed by atoms with Crippen molar-refractivity contribution in [2.24, 2.45) is 16.3 Å². The van der Waals surface area contributed by atoms with Gasteiger partial charge in [-0.2, -0.15) is 0 Å². The number of ether oxygens (including phenoxy) is 2. The van der Waals surface area contributed by atoms with Gasteiger partial charge in [-0.25, -0.2) is 0 Å². The first-order valence-electron chi connectivity index (χ1n) is 9.52. The van der Waals surface area contributed by atoms with Crippen molar-refractivity contribution in [3.05, 3.63) is 24.2 Å². The molecular formula is C19H30IN3O3. The zero-order chi connectivity index (χ0) is 17.1. The van der Waals surface area contributed by atoms with Crippen LogP contribution in [-0.2, 0) is 16.1 Å². The second-order valence-corrected chi connectivity index (χ2v) is 7.44. The number of furan rings is 1. The molecule has 3 unspecified atom stereocenters. The van der Waals surface area contributed by atoms with Crippen molar-refractivity contribution in [3.8, 4) is 0 Å². The summed E-state index contributed by atoms with van der Waals surface area (Å²) < 4.78 is 16.8. The van der Waals surface area contributed by atoms with Crippen molar-refractivity contribution in [2.45, 2.75) is 50.9 Å². The zero-order valence-electron chi connectivity index (χ0n) is 15.4. The van der Waals surface area contributed by atoms with Crippen molar-refractivity contribution in [2.75, 3.05) is 26.8 Å². The van der Waals surface area contributed by atoms with Crippen LogP contribution in [0.2, 0.25) is 0 Å². The monoisotopic (exact) mass is 475 g/mol. The van der Waals surface area contributed by atoms with E-state index in [9.17, 15) is 0 Å². The van der Waals surface area contributed by atoms with Crippen LogP contribution in [0.25, 0.3) is 0 Å². The maximum absolute atomic E-state index is 5.99. The first-order valence-corrected chi connectivity index (χ1v) is 9.52. The molecule has 2 heterocycles. The Labute approximate surface area is 172 Å². The van der Waals surface area contributed by atoms with Gasteiger partial charge in [-0.3, -0.25) is 4.99 Å². The molecule has 2 saturated carbocycles. The van der Waals surface area contributed by atoms with Crippen LogP contribution in [0.4, 0.5) is 0 Å². The number of aliphatic imine (C=N–C) groups is 1. The summed E-state index contributed by atoms with van der Waals surface area (Å²) in [6.45, 7) is 3.01. The number of nitrogens with zero attached hydrogens (tertiary/aromatic N) is 1. The fraction of sp³-hybridized carbons (Fsp3) is 0.737. The molecule has 1 aliphatic heterocycles. The van der Waals surface area contributed by atoms with E-state index in [2.05, 4.69) is 15.6 Å². The Balaban J connectivity index is 0.00000196. The van der Waals surface area contributed by atoms with Gasteiger partial charge in [0, 0.05) is 44.2 Å². The van der Waals surface area contributed by atoms with Gasteiger partial charge < -0.3 is 24.5 Å². The Bertz CT molecular complexity index is 589. The molecule has 4 rings (SSSR count). The predicted molar refractivity (Wildman–Crippen MR) is 111 cm³/mol. The minimum Gasteiger partial charge on any atom is -0.467 e. The number of halogens is 1. The second kappa shape index (κ2) is 8.93. The highest BCUT2D eigenvalue weighted by molar-refractivity contribution is 14.0. The smallest absolute Gasteiger partial charge is 0.191 e. The summed E-state index contributed by atoms with van der Waals surface area (Å²) in [4.78, 5) is 4.40. The van der Waals surface area contributed by atoms with E-state index in [0.29, 0.717) is 36.7 Å². The summed E-state index contributed by atoms with van der Waals surface area (Å²) in [6.07, 6.45) is 8.21. The molecule has 2 aliphatic carbocycles. The molecule has 3 atom stereocenters. The van der Waals surface area contributed by atoms with Gasteiger partial charge in [0.1, 0.15) is 12.4 Å². The Morgan fingerprint density at radius 1 is 1.42 bits per heavy atom. The molecular weight excluding hydrogens is 445 g/mol. The normalized spacial score (nSPS) is 28.7. The molecule has 3 fully saturated rings. The number of hydrogen-bond donors (Lipinski definition) is 2. The fourth-order valence-electron chi connectivity index (χ4n) is 4.75. The molecule has 0 aromatic carbocycles. The highest BCUT2D eigenvalue weighted by Crippen LogP contribution is 2.62. The van der Waals surface area contributed by atoms with Gasteiger partial charge in [0.2, 0.25) is 0 Å². The lowest BCUT2D eigenvalue weighted by molar-refractivity contribution is -0.171. The van der Waals surface area contributed by atoms with E-state index < -0.39 is 0 Å². The number of hydrogen-bond acceptors (Lipinski definition) is 4. The third kappa shape index (κ3) is 3.75. The van der Waals surface area contributed by atoms with Gasteiger partial charge in [-0.1, -0.05) is 6.42 Å². The van der Waals surface area contributed by atoms with E-state index >= 15 is 0 Å². The minimum atomic E-state index is 0. The summed E-state index contributed by atoms with van der Waals surface area (Å²) in [5, 5.41) is 7.11. The largest absolute Gasteiger partial charge is 0.467 e. The molecule has 0 bridgehead atoms. The van der Waals surface area contributed by atoms with Gasteiger partial charge >= 0.3 is 0 Å². The lowest BCUT2D eigenvalue weighted by Crippen LogP contribution is -2.72. The average Bonchev–Trinajstić information content (AvgIpc) is 3.23. The average molecular weight is 475 g/mol. The van der Waals surface area contributed by atoms with Crippen molar-refractivity contribution in [3.63, 3.8) is 0 Å². The van der Waals surface area contributed by atoms with Crippen molar-refractivity contribution in [1.29, 1.82) is 0 Å². The van der Waals surface area contributed by atoms with E-state index in [0.717, 1.165) is 31.3 Å². The summed E-state index contributed by atoms with van der Waals surface area (Å²) in [5.74, 6) is 2.44. The first-order chi connectivity index (χ1) is 12.3. The molecule has 2 N–H and O–H groups in total. The van der Waals surface area contributed by atoms with Gasteiger partial charge in [0.15, 0.2) is 5.96 Å². The van der Waals surface area contributed by atoms with E-state index in [1.54, 1.807) is 6.26 Å². The fourth-order valence-corrected chi connectivity index (χ4v) is 4.75. The van der Waals surface area contributed by atoms with Crippen LogP contribution in [0, 0.1) is 11.3 Å². The quantitative estimate of drug-likeness (QED) is 0.275. The van der Waals surface area contributed by atoms with Crippen LogP contribution in [-0.4, -0.2) is 44.9 Å². The second-order valence-electron chi connectivity index (χ2n) is 7.44. The SMILES string of the molecule is CN=C(NCCCOCc1ccco1)NC1C2CCOC2C12CCC2.I. The third-order valence-corrected chi connectivity index (χ3v) is 6.13. The molecule has 1 aromatic heterocycles. The van der Waals surface area contributed by atoms with Crippen LogP contribution in [0.3, 0.4) is 0 Å². The summed E-state index contributed by atoms with van der Waals surface area (Å²) in [7, 11) is 1.84. The Morgan fingerprint density at radius 3 is 3.00 bits per heavy atom. The van der Waals surface area contributed by atoms with Crippen molar-refractivity contribution in [1.82, 2.24) is 10.6 Å². The number of rotatable bonds is 7. The molecule has 1 aromatic rings. The van der Waals surface area contributed by atoms with Crippen molar-refractivity contribution < 1.29 is 13.9 Å². The highest BCUT2D eigenvalue weighted by Gasteiger charge is 2.66. The predicted octanol–water partition coefficient (Wildman–Crippen LogP) is 2.93. The Kier molecular flexibility index (Phi) is 6.85. The number of fused-ring (bicyclic) bond motifs is 2. The highest BCUT2D eigenvalue weighted by atomic mass is 127. The lowest BCUT2D eigenvalue weighted by atomic mass is 9.46. The number of guanidine groups is 1. The maximum Gasteiger partial charge on any atom is 0.191 e. The van der Waals surface area contributed by atoms with Gasteiger partial charge in [-0.15, -0.1) is 24.0 Å². The number of nitrogens with one attached hydrogen (secondary N) is 2. The van der Waals surface area contributed by atoms with E-state index in [-0.39, 0.29) is 24.0 Å². The van der Waals surface area contributed by atoms with Gasteiger partial charge in [0.25, 0.3) is 0 Å².